The monoisotopic (exact) mass is 370 g/mol. The second-order valence-corrected chi connectivity index (χ2v) is 5.67. The maximum absolute atomic E-state index is 5.70. The molecule has 0 bridgehead atoms. The minimum absolute atomic E-state index is 0.284. The highest BCUT2D eigenvalue weighted by Crippen LogP contribution is 2.20. The number of hydrogen-bond donors (Lipinski definition) is 0. The van der Waals surface area contributed by atoms with Crippen LogP contribution in [0.15, 0.2) is 71.3 Å². The molecule has 1 aromatic heterocycles. The Kier molecular flexibility index (Phi) is 5.21. The average Bonchev–Trinajstić information content (AvgIpc) is 2.60. The van der Waals surface area contributed by atoms with Crippen molar-refractivity contribution in [3.8, 4) is 11.9 Å². The number of hydrogen-bond acceptors (Lipinski definition) is 4. The van der Waals surface area contributed by atoms with Crippen LogP contribution in [0, 0.1) is 0 Å². The second-order valence-electron chi connectivity index (χ2n) is 4.86. The quantitative estimate of drug-likeness (QED) is 0.603. The summed E-state index contributed by atoms with van der Waals surface area (Å²) in [4.78, 5) is 8.49. The molecule has 116 valence electrons. The van der Waals surface area contributed by atoms with Crippen LogP contribution in [0.1, 0.15) is 11.1 Å². The van der Waals surface area contributed by atoms with Gasteiger partial charge in [-0.1, -0.05) is 60.7 Å². The molecule has 23 heavy (non-hydrogen) atoms. The van der Waals surface area contributed by atoms with Gasteiger partial charge in [0.25, 0.3) is 0 Å². The van der Waals surface area contributed by atoms with Gasteiger partial charge in [0, 0.05) is 6.07 Å². The van der Waals surface area contributed by atoms with E-state index in [0.717, 1.165) is 11.1 Å². The molecule has 0 atom stereocenters. The van der Waals surface area contributed by atoms with Crippen LogP contribution < -0.4 is 9.47 Å². The summed E-state index contributed by atoms with van der Waals surface area (Å²) in [5, 5.41) is 0. The fourth-order valence-corrected chi connectivity index (χ4v) is 2.32. The molecule has 2 aromatic carbocycles. The molecule has 0 saturated heterocycles. The highest BCUT2D eigenvalue weighted by Gasteiger charge is 2.06. The van der Waals surface area contributed by atoms with Crippen molar-refractivity contribution >= 4 is 15.9 Å². The number of benzene rings is 2. The molecule has 0 aliphatic heterocycles. The lowest BCUT2D eigenvalue weighted by molar-refractivity contribution is 0.257. The van der Waals surface area contributed by atoms with Gasteiger partial charge in [0.1, 0.15) is 17.8 Å². The molecule has 0 radical (unpaired) electrons. The predicted octanol–water partition coefficient (Wildman–Crippen LogP) is 4.40. The normalized spacial score (nSPS) is 10.3. The standard InChI is InChI=1S/C18H15BrN2O2/c19-16-11-17(22-12-14-7-3-1-4-8-14)21-18(20-16)23-13-15-9-5-2-6-10-15/h1-11H,12-13H2. The van der Waals surface area contributed by atoms with Gasteiger partial charge < -0.3 is 9.47 Å². The van der Waals surface area contributed by atoms with Crippen molar-refractivity contribution in [2.75, 3.05) is 0 Å². The van der Waals surface area contributed by atoms with Crippen LogP contribution in [0.5, 0.6) is 11.9 Å². The second kappa shape index (κ2) is 7.74. The highest BCUT2D eigenvalue weighted by atomic mass is 79.9. The molecule has 0 saturated carbocycles. The van der Waals surface area contributed by atoms with Crippen molar-refractivity contribution in [2.45, 2.75) is 13.2 Å². The van der Waals surface area contributed by atoms with Crippen molar-refractivity contribution in [3.05, 3.63) is 82.5 Å². The van der Waals surface area contributed by atoms with Gasteiger partial charge in [0.05, 0.1) is 0 Å². The largest absolute Gasteiger partial charge is 0.473 e. The molecule has 0 aliphatic carbocycles. The molecule has 1 heterocycles. The highest BCUT2D eigenvalue weighted by molar-refractivity contribution is 9.10. The molecule has 0 fully saturated rings. The summed E-state index contributed by atoms with van der Waals surface area (Å²) in [6.07, 6.45) is 0. The van der Waals surface area contributed by atoms with E-state index in [1.54, 1.807) is 6.07 Å². The molecule has 4 nitrogen and oxygen atoms in total. The SMILES string of the molecule is Brc1cc(OCc2ccccc2)nc(OCc2ccccc2)n1. The van der Waals surface area contributed by atoms with Crippen LogP contribution >= 0.6 is 15.9 Å². The van der Waals surface area contributed by atoms with E-state index >= 15 is 0 Å². The molecular weight excluding hydrogens is 356 g/mol. The van der Waals surface area contributed by atoms with E-state index < -0.39 is 0 Å². The van der Waals surface area contributed by atoms with E-state index in [1.165, 1.54) is 0 Å². The molecule has 0 unspecified atom stereocenters. The molecule has 0 N–H and O–H groups in total. The van der Waals surface area contributed by atoms with Gasteiger partial charge in [-0.25, -0.2) is 0 Å². The summed E-state index contributed by atoms with van der Waals surface area (Å²) in [6.45, 7) is 0.859. The van der Waals surface area contributed by atoms with Gasteiger partial charge in [0.15, 0.2) is 0 Å². The van der Waals surface area contributed by atoms with Gasteiger partial charge in [-0.05, 0) is 27.1 Å². The van der Waals surface area contributed by atoms with E-state index in [2.05, 4.69) is 25.9 Å². The molecule has 3 aromatic rings. The fourth-order valence-electron chi connectivity index (χ4n) is 1.97. The predicted molar refractivity (Wildman–Crippen MR) is 91.3 cm³/mol. The van der Waals surface area contributed by atoms with Crippen LogP contribution in [0.25, 0.3) is 0 Å². The van der Waals surface area contributed by atoms with E-state index in [4.69, 9.17) is 9.47 Å². The van der Waals surface area contributed by atoms with Crippen LogP contribution in [0.2, 0.25) is 0 Å². The summed E-state index contributed by atoms with van der Waals surface area (Å²) in [6, 6.07) is 21.8. The molecule has 0 amide bonds. The molecule has 5 heteroatoms. The van der Waals surface area contributed by atoms with Crippen molar-refractivity contribution in [1.29, 1.82) is 0 Å². The Morgan fingerprint density at radius 2 is 1.30 bits per heavy atom. The van der Waals surface area contributed by atoms with Gasteiger partial charge in [0.2, 0.25) is 5.88 Å². The van der Waals surface area contributed by atoms with Crippen LogP contribution in [0.4, 0.5) is 0 Å². The lowest BCUT2D eigenvalue weighted by atomic mass is 10.2. The van der Waals surface area contributed by atoms with Crippen LogP contribution in [-0.4, -0.2) is 9.97 Å². The smallest absolute Gasteiger partial charge is 0.321 e. The summed E-state index contributed by atoms with van der Waals surface area (Å²) < 4.78 is 12.0. The van der Waals surface area contributed by atoms with Gasteiger partial charge in [-0.3, -0.25) is 0 Å². The summed E-state index contributed by atoms with van der Waals surface area (Å²) in [7, 11) is 0. The summed E-state index contributed by atoms with van der Waals surface area (Å²) in [5.74, 6) is 0.471. The van der Waals surface area contributed by atoms with E-state index in [9.17, 15) is 0 Å². The van der Waals surface area contributed by atoms with Crippen molar-refractivity contribution in [3.63, 3.8) is 0 Å². The van der Waals surface area contributed by atoms with E-state index in [0.29, 0.717) is 23.7 Å². The van der Waals surface area contributed by atoms with Crippen LogP contribution in [-0.2, 0) is 13.2 Å². The summed E-state index contributed by atoms with van der Waals surface area (Å²) >= 11 is 3.35. The van der Waals surface area contributed by atoms with E-state index in [-0.39, 0.29) is 6.01 Å². The number of halogens is 1. The van der Waals surface area contributed by atoms with Crippen LogP contribution in [0.3, 0.4) is 0 Å². The topological polar surface area (TPSA) is 44.2 Å². The molecule has 3 rings (SSSR count). The maximum atomic E-state index is 5.70. The first-order valence-electron chi connectivity index (χ1n) is 7.17. The Hall–Kier alpha value is -2.40. The Balaban J connectivity index is 1.64. The Morgan fingerprint density at radius 1 is 0.739 bits per heavy atom. The zero-order chi connectivity index (χ0) is 15.9. The number of rotatable bonds is 6. The Bertz CT molecular complexity index is 690. The van der Waals surface area contributed by atoms with Crippen molar-refractivity contribution < 1.29 is 9.47 Å². The third kappa shape index (κ3) is 4.79. The van der Waals surface area contributed by atoms with Crippen molar-refractivity contribution in [2.24, 2.45) is 0 Å². The minimum Gasteiger partial charge on any atom is -0.473 e. The number of aromatic nitrogens is 2. The van der Waals surface area contributed by atoms with Gasteiger partial charge in [-0.2, -0.15) is 9.97 Å². The van der Waals surface area contributed by atoms with E-state index in [1.807, 2.05) is 60.7 Å². The lowest BCUT2D eigenvalue weighted by Crippen LogP contribution is -2.02. The number of nitrogens with zero attached hydrogens (tertiary/aromatic N) is 2. The molecule has 0 spiro atoms. The third-order valence-electron chi connectivity index (χ3n) is 3.09. The first-order chi connectivity index (χ1) is 11.3. The average molecular weight is 371 g/mol. The van der Waals surface area contributed by atoms with Gasteiger partial charge in [-0.15, -0.1) is 0 Å². The van der Waals surface area contributed by atoms with Crippen molar-refractivity contribution in [1.82, 2.24) is 9.97 Å². The first-order valence-corrected chi connectivity index (χ1v) is 7.97. The molecular formula is C18H15BrN2O2. The maximum Gasteiger partial charge on any atom is 0.321 e. The fraction of sp³-hybridized carbons (Fsp3) is 0.111. The molecule has 0 aliphatic rings. The Morgan fingerprint density at radius 3 is 1.91 bits per heavy atom. The van der Waals surface area contributed by atoms with Gasteiger partial charge >= 0.3 is 6.01 Å². The Labute approximate surface area is 143 Å². The summed E-state index contributed by atoms with van der Waals surface area (Å²) in [5.41, 5.74) is 2.14. The first kappa shape index (κ1) is 15.5. The zero-order valence-electron chi connectivity index (χ0n) is 12.4. The minimum atomic E-state index is 0.284. The number of ether oxygens (including phenoxy) is 2. The third-order valence-corrected chi connectivity index (χ3v) is 3.50. The lowest BCUT2D eigenvalue weighted by Gasteiger charge is -2.08. The zero-order valence-corrected chi connectivity index (χ0v) is 13.9.